The van der Waals surface area contributed by atoms with Gasteiger partial charge in [-0.2, -0.15) is 0 Å². The van der Waals surface area contributed by atoms with Gasteiger partial charge < -0.3 is 9.84 Å². The normalized spacial score (nSPS) is 16.0. The molecule has 1 aliphatic rings. The van der Waals surface area contributed by atoms with E-state index in [1.807, 2.05) is 24.3 Å². The van der Waals surface area contributed by atoms with Gasteiger partial charge >= 0.3 is 5.97 Å². The molecule has 1 fully saturated rings. The Hall–Kier alpha value is -2.40. The van der Waals surface area contributed by atoms with Crippen LogP contribution in [0.25, 0.3) is 0 Å². The minimum absolute atomic E-state index is 0.176. The number of hydrogen-bond donors (Lipinski definition) is 1. The molecule has 1 aromatic heterocycles. The first-order valence-electron chi connectivity index (χ1n) is 8.26. The van der Waals surface area contributed by atoms with Crippen LogP contribution in [-0.4, -0.2) is 34.0 Å². The maximum absolute atomic E-state index is 11.0. The summed E-state index contributed by atoms with van der Waals surface area (Å²) in [6.07, 6.45) is 5.02. The Morgan fingerprint density at radius 2 is 1.92 bits per heavy atom. The predicted molar refractivity (Wildman–Crippen MR) is 90.6 cm³/mol. The molecule has 3 rings (SSSR count). The van der Waals surface area contributed by atoms with Crippen molar-refractivity contribution in [2.45, 2.75) is 26.0 Å². The number of carboxylic acids is 1. The standard InChI is InChI=1S/C19H22N2O3/c22-19(23)17-7-10-21(11-8-17)13-15-3-5-18(6-4-15)24-14-16-2-1-9-20-12-16/h1-6,9,12,17H,7-8,10-11,13-14H2,(H,22,23). The minimum Gasteiger partial charge on any atom is -0.489 e. The summed E-state index contributed by atoms with van der Waals surface area (Å²) in [5.41, 5.74) is 2.26. The number of aliphatic carboxylic acids is 1. The zero-order valence-electron chi connectivity index (χ0n) is 13.6. The van der Waals surface area contributed by atoms with Gasteiger partial charge in [0.15, 0.2) is 0 Å². The number of ether oxygens (including phenoxy) is 1. The summed E-state index contributed by atoms with van der Waals surface area (Å²) in [5, 5.41) is 9.04. The second-order valence-corrected chi connectivity index (χ2v) is 6.18. The third kappa shape index (κ3) is 4.55. The molecule has 0 radical (unpaired) electrons. The van der Waals surface area contributed by atoms with Gasteiger partial charge in [0.1, 0.15) is 12.4 Å². The van der Waals surface area contributed by atoms with E-state index in [9.17, 15) is 4.79 Å². The molecule has 0 bridgehead atoms. The van der Waals surface area contributed by atoms with Crippen molar-refractivity contribution in [2.24, 2.45) is 5.92 Å². The molecule has 0 amide bonds. The molecule has 0 unspecified atom stereocenters. The summed E-state index contributed by atoms with van der Waals surface area (Å²) >= 11 is 0. The number of carboxylic acid groups (broad SMARTS) is 1. The number of rotatable bonds is 6. The molecule has 5 nitrogen and oxygen atoms in total. The third-order valence-corrected chi connectivity index (χ3v) is 4.39. The van der Waals surface area contributed by atoms with E-state index in [0.29, 0.717) is 6.61 Å². The van der Waals surface area contributed by atoms with E-state index in [4.69, 9.17) is 9.84 Å². The van der Waals surface area contributed by atoms with Crippen molar-refractivity contribution in [2.75, 3.05) is 13.1 Å². The van der Waals surface area contributed by atoms with Crippen LogP contribution in [0, 0.1) is 5.92 Å². The van der Waals surface area contributed by atoms with Gasteiger partial charge in [0.2, 0.25) is 0 Å². The molecular weight excluding hydrogens is 304 g/mol. The molecule has 1 N–H and O–H groups in total. The number of piperidine rings is 1. The Morgan fingerprint density at radius 1 is 1.17 bits per heavy atom. The van der Waals surface area contributed by atoms with E-state index >= 15 is 0 Å². The average Bonchev–Trinajstić information content (AvgIpc) is 2.62. The highest BCUT2D eigenvalue weighted by Gasteiger charge is 2.24. The summed E-state index contributed by atoms with van der Waals surface area (Å²) in [6.45, 7) is 3.05. The average molecular weight is 326 g/mol. The number of carbonyl (C=O) groups is 1. The molecule has 0 aliphatic carbocycles. The molecular formula is C19H22N2O3. The van der Waals surface area contributed by atoms with Gasteiger partial charge in [0, 0.05) is 24.5 Å². The monoisotopic (exact) mass is 326 g/mol. The zero-order chi connectivity index (χ0) is 16.8. The number of hydrogen-bond acceptors (Lipinski definition) is 4. The molecule has 5 heteroatoms. The number of pyridine rings is 1. The predicted octanol–water partition coefficient (Wildman–Crippen LogP) is 2.96. The fourth-order valence-electron chi connectivity index (χ4n) is 2.94. The molecule has 0 atom stereocenters. The first-order chi connectivity index (χ1) is 11.7. The van der Waals surface area contributed by atoms with Crippen molar-refractivity contribution in [3.05, 3.63) is 59.9 Å². The van der Waals surface area contributed by atoms with Crippen molar-refractivity contribution < 1.29 is 14.6 Å². The maximum atomic E-state index is 11.0. The number of benzene rings is 1. The van der Waals surface area contributed by atoms with Crippen molar-refractivity contribution in [1.29, 1.82) is 0 Å². The SMILES string of the molecule is O=C(O)C1CCN(Cc2ccc(OCc3cccnc3)cc2)CC1. The second kappa shape index (κ2) is 7.93. The van der Waals surface area contributed by atoms with Crippen LogP contribution in [0.3, 0.4) is 0 Å². The van der Waals surface area contributed by atoms with Crippen LogP contribution in [0.1, 0.15) is 24.0 Å². The fourth-order valence-corrected chi connectivity index (χ4v) is 2.94. The summed E-state index contributed by atoms with van der Waals surface area (Å²) in [4.78, 5) is 17.4. The second-order valence-electron chi connectivity index (χ2n) is 6.18. The molecule has 1 saturated heterocycles. The first-order valence-corrected chi connectivity index (χ1v) is 8.26. The van der Waals surface area contributed by atoms with E-state index in [2.05, 4.69) is 22.0 Å². The molecule has 1 aromatic carbocycles. The highest BCUT2D eigenvalue weighted by atomic mass is 16.5. The lowest BCUT2D eigenvalue weighted by molar-refractivity contribution is -0.143. The third-order valence-electron chi connectivity index (χ3n) is 4.39. The van der Waals surface area contributed by atoms with Gasteiger partial charge in [-0.25, -0.2) is 0 Å². The smallest absolute Gasteiger partial charge is 0.306 e. The van der Waals surface area contributed by atoms with E-state index in [1.165, 1.54) is 5.56 Å². The highest BCUT2D eigenvalue weighted by molar-refractivity contribution is 5.70. The summed E-state index contributed by atoms with van der Waals surface area (Å²) in [6, 6.07) is 12.0. The Morgan fingerprint density at radius 3 is 2.54 bits per heavy atom. The van der Waals surface area contributed by atoms with Crippen molar-refractivity contribution >= 4 is 5.97 Å². The lowest BCUT2D eigenvalue weighted by Crippen LogP contribution is -2.35. The lowest BCUT2D eigenvalue weighted by Gasteiger charge is -2.30. The van der Waals surface area contributed by atoms with Crippen LogP contribution in [0.2, 0.25) is 0 Å². The van der Waals surface area contributed by atoms with Gasteiger partial charge in [-0.05, 0) is 49.7 Å². The summed E-state index contributed by atoms with van der Waals surface area (Å²) < 4.78 is 5.76. The zero-order valence-corrected chi connectivity index (χ0v) is 13.6. The van der Waals surface area contributed by atoms with E-state index in [-0.39, 0.29) is 5.92 Å². The van der Waals surface area contributed by atoms with Gasteiger partial charge in [0.05, 0.1) is 5.92 Å². The van der Waals surface area contributed by atoms with Gasteiger partial charge in [-0.15, -0.1) is 0 Å². The van der Waals surface area contributed by atoms with E-state index < -0.39 is 5.97 Å². The number of likely N-dealkylation sites (tertiary alicyclic amines) is 1. The quantitative estimate of drug-likeness (QED) is 0.884. The van der Waals surface area contributed by atoms with Gasteiger partial charge in [0.25, 0.3) is 0 Å². The highest BCUT2D eigenvalue weighted by Crippen LogP contribution is 2.20. The molecule has 1 aliphatic heterocycles. The molecule has 0 saturated carbocycles. The van der Waals surface area contributed by atoms with Crippen LogP contribution >= 0.6 is 0 Å². The topological polar surface area (TPSA) is 62.7 Å². The van der Waals surface area contributed by atoms with E-state index in [1.54, 1.807) is 12.4 Å². The van der Waals surface area contributed by atoms with Crippen molar-refractivity contribution in [3.8, 4) is 5.75 Å². The largest absolute Gasteiger partial charge is 0.489 e. The molecule has 0 spiro atoms. The van der Waals surface area contributed by atoms with Crippen LogP contribution in [0.15, 0.2) is 48.8 Å². The van der Waals surface area contributed by atoms with Crippen molar-refractivity contribution in [1.82, 2.24) is 9.88 Å². The Kier molecular flexibility index (Phi) is 5.43. The van der Waals surface area contributed by atoms with Crippen LogP contribution in [0.4, 0.5) is 0 Å². The number of nitrogens with zero attached hydrogens (tertiary/aromatic N) is 2. The molecule has 2 heterocycles. The Bertz CT molecular complexity index is 650. The minimum atomic E-state index is -0.662. The molecule has 24 heavy (non-hydrogen) atoms. The van der Waals surface area contributed by atoms with Gasteiger partial charge in [-0.3, -0.25) is 14.7 Å². The van der Waals surface area contributed by atoms with Crippen LogP contribution in [0.5, 0.6) is 5.75 Å². The maximum Gasteiger partial charge on any atom is 0.306 e. The summed E-state index contributed by atoms with van der Waals surface area (Å²) in [7, 11) is 0. The van der Waals surface area contributed by atoms with E-state index in [0.717, 1.165) is 43.8 Å². The lowest BCUT2D eigenvalue weighted by atomic mass is 9.97. The first kappa shape index (κ1) is 16.5. The Labute approximate surface area is 141 Å². The van der Waals surface area contributed by atoms with Crippen LogP contribution < -0.4 is 4.74 Å². The number of aromatic nitrogens is 1. The summed E-state index contributed by atoms with van der Waals surface area (Å²) in [5.74, 6) is 0.00135. The van der Waals surface area contributed by atoms with Crippen LogP contribution in [-0.2, 0) is 17.9 Å². The molecule has 2 aromatic rings. The fraction of sp³-hybridized carbons (Fsp3) is 0.368. The Balaban J connectivity index is 1.47. The van der Waals surface area contributed by atoms with Crippen molar-refractivity contribution in [3.63, 3.8) is 0 Å². The molecule has 126 valence electrons. The van der Waals surface area contributed by atoms with Gasteiger partial charge in [-0.1, -0.05) is 18.2 Å².